The fourth-order valence-electron chi connectivity index (χ4n) is 2.40. The Hall–Kier alpha value is -2.38. The van der Waals surface area contributed by atoms with Gasteiger partial charge >= 0.3 is 0 Å². The van der Waals surface area contributed by atoms with Crippen LogP contribution in [0.2, 0.25) is 5.02 Å². The Morgan fingerprint density at radius 3 is 2.46 bits per heavy atom. The van der Waals surface area contributed by atoms with E-state index in [1.807, 2.05) is 12.1 Å². The molecule has 126 valence electrons. The van der Waals surface area contributed by atoms with E-state index in [0.29, 0.717) is 37.9 Å². The van der Waals surface area contributed by atoms with Crippen molar-refractivity contribution < 1.29 is 9.53 Å². The summed E-state index contributed by atoms with van der Waals surface area (Å²) >= 11 is 5.84. The number of carbonyl (C=O) groups excluding carboxylic acids is 1. The number of H-pyrrole nitrogens is 1. The Morgan fingerprint density at radius 2 is 1.83 bits per heavy atom. The number of benzene rings is 1. The molecule has 3 rings (SSSR count). The minimum atomic E-state index is -0.323. The largest absolute Gasteiger partial charge is 0.478 e. The predicted molar refractivity (Wildman–Crippen MR) is 89.3 cm³/mol. The molecule has 1 aliphatic heterocycles. The molecule has 1 fully saturated rings. The van der Waals surface area contributed by atoms with Crippen molar-refractivity contribution in [2.75, 3.05) is 32.9 Å². The number of nitrogens with zero attached hydrogens (tertiary/aromatic N) is 3. The maximum absolute atomic E-state index is 12.3. The summed E-state index contributed by atoms with van der Waals surface area (Å²) in [6.07, 6.45) is 0. The lowest BCUT2D eigenvalue weighted by molar-refractivity contribution is 0.0476. The van der Waals surface area contributed by atoms with Gasteiger partial charge in [-0.25, -0.2) is 5.10 Å². The van der Waals surface area contributed by atoms with Gasteiger partial charge in [-0.2, -0.15) is 5.10 Å². The molecule has 0 unspecified atom stereocenters. The molecule has 1 saturated heterocycles. The van der Waals surface area contributed by atoms with Gasteiger partial charge in [0.15, 0.2) is 0 Å². The first-order valence-corrected chi connectivity index (χ1v) is 7.95. The molecule has 1 aromatic heterocycles. The van der Waals surface area contributed by atoms with Gasteiger partial charge in [0.2, 0.25) is 0 Å². The summed E-state index contributed by atoms with van der Waals surface area (Å²) in [6.45, 7) is 3.05. The number of halogens is 1. The van der Waals surface area contributed by atoms with Crippen LogP contribution in [0.4, 0.5) is 0 Å². The standard InChI is InChI=1S/C16H17ClN4O3/c17-12-1-3-13(4-2-12)24-11-20-7-9-21(10-8-20)16(23)14-5-6-15(22)19-18-14/h1-6H,7-11H2,(H,19,22). The first kappa shape index (κ1) is 16.5. The summed E-state index contributed by atoms with van der Waals surface area (Å²) in [6, 6.07) is 9.96. The third-order valence-electron chi connectivity index (χ3n) is 3.79. The van der Waals surface area contributed by atoms with Crippen LogP contribution in [0, 0.1) is 0 Å². The van der Waals surface area contributed by atoms with Crippen molar-refractivity contribution in [3.8, 4) is 5.75 Å². The van der Waals surface area contributed by atoms with Gasteiger partial charge in [-0.3, -0.25) is 14.5 Å². The van der Waals surface area contributed by atoms with Crippen LogP contribution in [0.3, 0.4) is 0 Å². The van der Waals surface area contributed by atoms with Gasteiger partial charge in [-0.15, -0.1) is 0 Å². The first-order valence-electron chi connectivity index (χ1n) is 7.57. The van der Waals surface area contributed by atoms with Crippen LogP contribution in [0.1, 0.15) is 10.5 Å². The zero-order valence-corrected chi connectivity index (χ0v) is 13.7. The monoisotopic (exact) mass is 348 g/mol. The highest BCUT2D eigenvalue weighted by atomic mass is 35.5. The van der Waals surface area contributed by atoms with Crippen LogP contribution < -0.4 is 10.3 Å². The molecule has 0 bridgehead atoms. The highest BCUT2D eigenvalue weighted by Crippen LogP contribution is 2.16. The summed E-state index contributed by atoms with van der Waals surface area (Å²) in [5, 5.41) is 6.73. The molecule has 1 aromatic carbocycles. The zero-order chi connectivity index (χ0) is 16.9. The Kier molecular flexibility index (Phi) is 5.12. The van der Waals surface area contributed by atoms with Crippen molar-refractivity contribution >= 4 is 17.5 Å². The molecule has 1 N–H and O–H groups in total. The third-order valence-corrected chi connectivity index (χ3v) is 4.04. The van der Waals surface area contributed by atoms with Crippen molar-refractivity contribution in [2.45, 2.75) is 0 Å². The van der Waals surface area contributed by atoms with Crippen molar-refractivity contribution in [1.82, 2.24) is 20.0 Å². The highest BCUT2D eigenvalue weighted by Gasteiger charge is 2.23. The second-order valence-corrected chi connectivity index (χ2v) is 5.88. The number of piperazine rings is 1. The number of nitrogens with one attached hydrogen (secondary N) is 1. The number of carbonyl (C=O) groups is 1. The van der Waals surface area contributed by atoms with Crippen LogP contribution in [0.5, 0.6) is 5.75 Å². The fourth-order valence-corrected chi connectivity index (χ4v) is 2.53. The molecule has 1 amide bonds. The Bertz CT molecular complexity index is 734. The molecule has 8 heteroatoms. The number of ether oxygens (including phenoxy) is 1. The van der Waals surface area contributed by atoms with E-state index >= 15 is 0 Å². The normalized spacial score (nSPS) is 15.3. The van der Waals surface area contributed by atoms with E-state index in [0.717, 1.165) is 5.75 Å². The smallest absolute Gasteiger partial charge is 0.274 e. The number of hydrogen-bond acceptors (Lipinski definition) is 5. The van der Waals surface area contributed by atoms with Gasteiger partial charge in [-0.1, -0.05) is 11.6 Å². The second kappa shape index (κ2) is 7.46. The van der Waals surface area contributed by atoms with E-state index < -0.39 is 0 Å². The van der Waals surface area contributed by atoms with Crippen LogP contribution in [0.15, 0.2) is 41.2 Å². The Balaban J connectivity index is 1.48. The lowest BCUT2D eigenvalue weighted by Gasteiger charge is -2.34. The molecule has 0 aliphatic carbocycles. The topological polar surface area (TPSA) is 78.5 Å². The van der Waals surface area contributed by atoms with E-state index in [4.69, 9.17) is 16.3 Å². The number of rotatable bonds is 4. The Morgan fingerprint density at radius 1 is 1.12 bits per heavy atom. The number of aromatic amines is 1. The molecule has 0 saturated carbocycles. The number of hydrogen-bond donors (Lipinski definition) is 1. The van der Waals surface area contributed by atoms with Crippen molar-refractivity contribution in [2.24, 2.45) is 0 Å². The molecule has 24 heavy (non-hydrogen) atoms. The van der Waals surface area contributed by atoms with E-state index in [1.165, 1.54) is 12.1 Å². The summed E-state index contributed by atoms with van der Waals surface area (Å²) < 4.78 is 5.71. The lowest BCUT2D eigenvalue weighted by Crippen LogP contribution is -2.49. The highest BCUT2D eigenvalue weighted by molar-refractivity contribution is 6.30. The van der Waals surface area contributed by atoms with Gasteiger partial charge in [0, 0.05) is 37.3 Å². The van der Waals surface area contributed by atoms with E-state index in [2.05, 4.69) is 15.1 Å². The van der Waals surface area contributed by atoms with Crippen LogP contribution in [-0.4, -0.2) is 58.8 Å². The zero-order valence-electron chi connectivity index (χ0n) is 12.9. The van der Waals surface area contributed by atoms with E-state index in [9.17, 15) is 9.59 Å². The molecule has 1 aliphatic rings. The van der Waals surface area contributed by atoms with Crippen LogP contribution in [0.25, 0.3) is 0 Å². The van der Waals surface area contributed by atoms with Crippen molar-refractivity contribution in [1.29, 1.82) is 0 Å². The summed E-state index contributed by atoms with van der Waals surface area (Å²) in [4.78, 5) is 27.2. The van der Waals surface area contributed by atoms with Gasteiger partial charge in [0.05, 0.1) is 0 Å². The van der Waals surface area contributed by atoms with Gasteiger partial charge in [-0.05, 0) is 30.3 Å². The fraction of sp³-hybridized carbons (Fsp3) is 0.312. The average Bonchev–Trinajstić information content (AvgIpc) is 2.62. The molecule has 0 atom stereocenters. The van der Waals surface area contributed by atoms with E-state index in [-0.39, 0.29) is 17.2 Å². The molecular formula is C16H17ClN4O3. The molecular weight excluding hydrogens is 332 g/mol. The van der Waals surface area contributed by atoms with Crippen molar-refractivity contribution in [3.63, 3.8) is 0 Å². The molecule has 2 heterocycles. The van der Waals surface area contributed by atoms with Crippen molar-refractivity contribution in [3.05, 3.63) is 57.5 Å². The maximum Gasteiger partial charge on any atom is 0.274 e. The molecule has 2 aromatic rings. The molecule has 0 spiro atoms. The van der Waals surface area contributed by atoms with Gasteiger partial charge < -0.3 is 9.64 Å². The first-order chi connectivity index (χ1) is 11.6. The summed E-state index contributed by atoms with van der Waals surface area (Å²) in [5.41, 5.74) is -0.0730. The summed E-state index contributed by atoms with van der Waals surface area (Å²) in [5.74, 6) is 0.583. The number of aromatic nitrogens is 2. The SMILES string of the molecule is O=C(c1ccc(=O)[nH]n1)N1CCN(COc2ccc(Cl)cc2)CC1. The Labute approximate surface area is 143 Å². The average molecular weight is 349 g/mol. The van der Waals surface area contributed by atoms with Gasteiger partial charge in [0.1, 0.15) is 18.2 Å². The minimum Gasteiger partial charge on any atom is -0.478 e. The third kappa shape index (κ3) is 4.12. The van der Waals surface area contributed by atoms with Crippen LogP contribution in [-0.2, 0) is 0 Å². The lowest BCUT2D eigenvalue weighted by atomic mass is 10.3. The van der Waals surface area contributed by atoms with E-state index in [1.54, 1.807) is 17.0 Å². The molecule has 7 nitrogen and oxygen atoms in total. The summed E-state index contributed by atoms with van der Waals surface area (Å²) in [7, 11) is 0. The quantitative estimate of drug-likeness (QED) is 0.898. The predicted octanol–water partition coefficient (Wildman–Crippen LogP) is 1.22. The maximum atomic E-state index is 12.3. The van der Waals surface area contributed by atoms with Gasteiger partial charge in [0.25, 0.3) is 11.5 Å². The second-order valence-electron chi connectivity index (χ2n) is 5.44. The number of amides is 1. The molecule has 0 radical (unpaired) electrons. The minimum absolute atomic E-state index is 0.176. The van der Waals surface area contributed by atoms with Crippen LogP contribution >= 0.6 is 11.6 Å².